The number of hydrogen-bond acceptors (Lipinski definition) is 7. The van der Waals surface area contributed by atoms with E-state index in [-0.39, 0.29) is 23.5 Å². The molecule has 1 amide bonds. The van der Waals surface area contributed by atoms with Crippen molar-refractivity contribution in [2.24, 2.45) is 0 Å². The quantitative estimate of drug-likeness (QED) is 0.422. The normalized spacial score (nSPS) is 10.8. The van der Waals surface area contributed by atoms with Crippen molar-refractivity contribution in [3.63, 3.8) is 0 Å². The van der Waals surface area contributed by atoms with Gasteiger partial charge in [0.05, 0.1) is 32.2 Å². The lowest BCUT2D eigenvalue weighted by atomic mass is 10.0. The number of fused-ring (bicyclic) bond motifs is 1. The highest BCUT2D eigenvalue weighted by Crippen LogP contribution is 2.37. The Kier molecular flexibility index (Phi) is 9.42. The molecule has 0 bridgehead atoms. The number of aliphatic carboxylic acids is 1. The number of methoxy groups -OCH3 is 2. The summed E-state index contributed by atoms with van der Waals surface area (Å²) in [4.78, 5) is 38.2. The maximum absolute atomic E-state index is 13.3. The molecular formula is C25H25F3N2O7. The second-order valence-electron chi connectivity index (χ2n) is 7.78. The standard InChI is InChI=1S/C23H24N2O5.C2HF3O2/c1-13(2)30-16-8-6-7-15(9-16)23(27)22-18-11-21(29-5)20(28-4)10-17(18)19(12-24-22)25-14(3)26;3-2(4,5)1(6)7/h6-13H,1-5H3,(H,25,26);(H,6,7). The smallest absolute Gasteiger partial charge is 0.490 e. The lowest BCUT2D eigenvalue weighted by molar-refractivity contribution is -0.192. The maximum Gasteiger partial charge on any atom is 0.490 e. The Balaban J connectivity index is 0.000000604. The number of pyridine rings is 1. The number of carboxylic acid groups (broad SMARTS) is 1. The Hall–Kier alpha value is -4.35. The minimum atomic E-state index is -5.08. The zero-order chi connectivity index (χ0) is 27.9. The Morgan fingerprint density at radius 3 is 2.05 bits per heavy atom. The zero-order valence-electron chi connectivity index (χ0n) is 20.6. The minimum absolute atomic E-state index is 0.0111. The molecule has 198 valence electrons. The summed E-state index contributed by atoms with van der Waals surface area (Å²) in [5, 5.41) is 11.0. The number of ether oxygens (including phenoxy) is 3. The molecule has 0 aliphatic heterocycles. The molecule has 3 aromatic rings. The van der Waals surface area contributed by atoms with Crippen LogP contribution >= 0.6 is 0 Å². The van der Waals surface area contributed by atoms with Gasteiger partial charge in [-0.2, -0.15) is 13.2 Å². The molecule has 2 N–H and O–H groups in total. The van der Waals surface area contributed by atoms with Gasteiger partial charge in [0, 0.05) is 23.3 Å². The summed E-state index contributed by atoms with van der Waals surface area (Å²) < 4.78 is 48.2. The minimum Gasteiger partial charge on any atom is -0.493 e. The van der Waals surface area contributed by atoms with Crippen molar-refractivity contribution in [1.29, 1.82) is 0 Å². The first-order valence-corrected chi connectivity index (χ1v) is 10.7. The van der Waals surface area contributed by atoms with Crippen LogP contribution in [0.3, 0.4) is 0 Å². The van der Waals surface area contributed by atoms with Crippen molar-refractivity contribution in [1.82, 2.24) is 4.98 Å². The van der Waals surface area contributed by atoms with E-state index in [4.69, 9.17) is 24.1 Å². The molecule has 0 aliphatic carbocycles. The van der Waals surface area contributed by atoms with E-state index < -0.39 is 12.1 Å². The largest absolute Gasteiger partial charge is 0.493 e. The van der Waals surface area contributed by atoms with Gasteiger partial charge in [-0.1, -0.05) is 12.1 Å². The fourth-order valence-electron chi connectivity index (χ4n) is 3.16. The molecule has 9 nitrogen and oxygen atoms in total. The molecular weight excluding hydrogens is 497 g/mol. The van der Waals surface area contributed by atoms with Crippen LogP contribution in [0, 0.1) is 0 Å². The highest BCUT2D eigenvalue weighted by atomic mass is 19.4. The number of nitrogens with one attached hydrogen (secondary N) is 1. The van der Waals surface area contributed by atoms with Crippen LogP contribution in [0.1, 0.15) is 36.8 Å². The van der Waals surface area contributed by atoms with E-state index in [1.165, 1.54) is 27.3 Å². The number of alkyl halides is 3. The number of amides is 1. The summed E-state index contributed by atoms with van der Waals surface area (Å²) in [5.74, 6) is -1.73. The average Bonchev–Trinajstić information content (AvgIpc) is 2.82. The van der Waals surface area contributed by atoms with E-state index in [9.17, 15) is 22.8 Å². The maximum atomic E-state index is 13.3. The van der Waals surface area contributed by atoms with Crippen molar-refractivity contribution < 1.29 is 46.9 Å². The third-order valence-electron chi connectivity index (χ3n) is 4.63. The first kappa shape index (κ1) is 28.9. The van der Waals surface area contributed by atoms with E-state index in [0.29, 0.717) is 39.3 Å². The van der Waals surface area contributed by atoms with E-state index in [0.717, 1.165) is 0 Å². The van der Waals surface area contributed by atoms with Crippen LogP contribution in [-0.4, -0.2) is 54.3 Å². The van der Waals surface area contributed by atoms with Crippen molar-refractivity contribution in [2.75, 3.05) is 19.5 Å². The van der Waals surface area contributed by atoms with Crippen LogP contribution in [-0.2, 0) is 9.59 Å². The first-order valence-electron chi connectivity index (χ1n) is 10.7. The number of carbonyl (C=O) groups is 3. The van der Waals surface area contributed by atoms with Crippen molar-refractivity contribution in [3.05, 3.63) is 53.9 Å². The number of anilines is 1. The fraction of sp³-hybridized carbons (Fsp3) is 0.280. The van der Waals surface area contributed by atoms with Gasteiger partial charge < -0.3 is 24.6 Å². The number of ketones is 1. The highest BCUT2D eigenvalue weighted by molar-refractivity contribution is 6.17. The van der Waals surface area contributed by atoms with Crippen molar-refractivity contribution in [2.45, 2.75) is 33.1 Å². The zero-order valence-corrected chi connectivity index (χ0v) is 20.6. The molecule has 0 saturated carbocycles. The Bertz CT molecular complexity index is 1310. The lowest BCUT2D eigenvalue weighted by Crippen LogP contribution is -2.21. The molecule has 12 heteroatoms. The van der Waals surface area contributed by atoms with Crippen LogP contribution in [0.2, 0.25) is 0 Å². The SMILES string of the molecule is COc1cc2c(NC(C)=O)cnc(C(=O)c3cccc(OC(C)C)c3)c2cc1OC.O=C(O)C(F)(F)F. The molecule has 0 spiro atoms. The summed E-state index contributed by atoms with van der Waals surface area (Å²) in [6.45, 7) is 5.25. The monoisotopic (exact) mass is 522 g/mol. The predicted molar refractivity (Wildman–Crippen MR) is 128 cm³/mol. The summed E-state index contributed by atoms with van der Waals surface area (Å²) in [6, 6.07) is 10.4. The molecule has 1 aromatic heterocycles. The highest BCUT2D eigenvalue weighted by Gasteiger charge is 2.38. The van der Waals surface area contributed by atoms with Crippen LogP contribution < -0.4 is 19.5 Å². The number of benzene rings is 2. The number of hydrogen-bond donors (Lipinski definition) is 2. The Labute approximate surface area is 210 Å². The lowest BCUT2D eigenvalue weighted by Gasteiger charge is -2.15. The molecule has 0 radical (unpaired) electrons. The summed E-state index contributed by atoms with van der Waals surface area (Å²) in [7, 11) is 3.04. The van der Waals surface area contributed by atoms with Gasteiger partial charge in [0.15, 0.2) is 11.5 Å². The molecule has 2 aromatic carbocycles. The van der Waals surface area contributed by atoms with Gasteiger partial charge >= 0.3 is 12.1 Å². The van der Waals surface area contributed by atoms with Gasteiger partial charge in [-0.25, -0.2) is 9.78 Å². The van der Waals surface area contributed by atoms with Crippen LogP contribution in [0.15, 0.2) is 42.6 Å². The molecule has 0 unspecified atom stereocenters. The number of aromatic nitrogens is 1. The fourth-order valence-corrected chi connectivity index (χ4v) is 3.16. The molecule has 37 heavy (non-hydrogen) atoms. The van der Waals surface area contributed by atoms with E-state index in [1.54, 1.807) is 36.4 Å². The Morgan fingerprint density at radius 2 is 1.57 bits per heavy atom. The van der Waals surface area contributed by atoms with Gasteiger partial charge in [0.25, 0.3) is 0 Å². The number of nitrogens with zero attached hydrogens (tertiary/aromatic N) is 1. The molecule has 0 fully saturated rings. The topological polar surface area (TPSA) is 124 Å². The van der Waals surface area contributed by atoms with Crippen molar-refractivity contribution >= 4 is 34.1 Å². The number of carboxylic acids is 1. The van der Waals surface area contributed by atoms with Crippen LogP contribution in [0.25, 0.3) is 10.8 Å². The molecule has 0 aliphatic rings. The van der Waals surface area contributed by atoms with Crippen LogP contribution in [0.5, 0.6) is 17.2 Å². The number of rotatable bonds is 7. The molecule has 0 saturated heterocycles. The second kappa shape index (κ2) is 12.1. The average molecular weight is 522 g/mol. The summed E-state index contributed by atoms with van der Waals surface area (Å²) >= 11 is 0. The summed E-state index contributed by atoms with van der Waals surface area (Å²) in [6.07, 6.45) is -3.62. The van der Waals surface area contributed by atoms with Crippen molar-refractivity contribution in [3.8, 4) is 17.2 Å². The second-order valence-corrected chi connectivity index (χ2v) is 7.78. The molecule has 1 heterocycles. The van der Waals surface area contributed by atoms with E-state index in [1.807, 2.05) is 13.8 Å². The molecule has 3 rings (SSSR count). The Morgan fingerprint density at radius 1 is 1.00 bits per heavy atom. The van der Waals surface area contributed by atoms with Crippen LogP contribution in [0.4, 0.5) is 18.9 Å². The van der Waals surface area contributed by atoms with Gasteiger partial charge in [-0.15, -0.1) is 0 Å². The number of halogens is 3. The predicted octanol–water partition coefficient (Wildman–Crippen LogP) is 4.86. The van der Waals surface area contributed by atoms with E-state index >= 15 is 0 Å². The third kappa shape index (κ3) is 7.56. The van der Waals surface area contributed by atoms with E-state index in [2.05, 4.69) is 10.3 Å². The van der Waals surface area contributed by atoms with Gasteiger partial charge in [0.2, 0.25) is 11.7 Å². The summed E-state index contributed by atoms with van der Waals surface area (Å²) in [5.41, 5.74) is 1.16. The number of carbonyl (C=O) groups excluding carboxylic acids is 2. The van der Waals surface area contributed by atoms with Gasteiger partial charge in [-0.05, 0) is 38.1 Å². The van der Waals surface area contributed by atoms with Gasteiger partial charge in [-0.3, -0.25) is 9.59 Å². The molecule has 0 atom stereocenters. The third-order valence-corrected chi connectivity index (χ3v) is 4.63. The first-order chi connectivity index (χ1) is 17.3. The van der Waals surface area contributed by atoms with Gasteiger partial charge in [0.1, 0.15) is 11.4 Å².